The smallest absolute Gasteiger partial charge is 0.149 e. The van der Waals surface area contributed by atoms with Crippen LogP contribution in [0, 0.1) is 23.4 Å². The standard InChI is InChI=1S/C27H32F3N5/c1-16-9-18(31)15-35(14-16)24-7-8-32-13-23(24)33-12-19-5-6-20(28)26(34-19)25-21(29)10-17(11-22(25)30)27(2,3)4/h5-8,10-11,13,16,18,33H,9,12,14-15,31H2,1-4H3/t16-,18+/m1/s1. The Kier molecular flexibility index (Phi) is 7.03. The fraction of sp³-hybridized carbons (Fsp3) is 0.407. The Hall–Kier alpha value is -3.13. The molecule has 186 valence electrons. The van der Waals surface area contributed by atoms with E-state index in [-0.39, 0.29) is 18.3 Å². The van der Waals surface area contributed by atoms with Crippen LogP contribution in [-0.2, 0) is 12.0 Å². The average Bonchev–Trinajstić information content (AvgIpc) is 2.78. The number of pyridine rings is 2. The lowest BCUT2D eigenvalue weighted by Gasteiger charge is -2.37. The maximum absolute atomic E-state index is 14.9. The summed E-state index contributed by atoms with van der Waals surface area (Å²) in [5, 5.41) is 3.30. The normalized spacial score (nSPS) is 18.6. The third-order valence-corrected chi connectivity index (χ3v) is 6.34. The van der Waals surface area contributed by atoms with Gasteiger partial charge in [-0.25, -0.2) is 18.2 Å². The molecule has 2 atom stereocenters. The highest BCUT2D eigenvalue weighted by Gasteiger charge is 2.25. The van der Waals surface area contributed by atoms with Crippen LogP contribution in [0.1, 0.15) is 45.4 Å². The highest BCUT2D eigenvalue weighted by Crippen LogP contribution is 2.33. The van der Waals surface area contributed by atoms with Crippen LogP contribution in [0.4, 0.5) is 24.5 Å². The Morgan fingerprint density at radius 1 is 1.06 bits per heavy atom. The lowest BCUT2D eigenvalue weighted by atomic mass is 9.86. The summed E-state index contributed by atoms with van der Waals surface area (Å²) in [5.41, 5.74) is 7.66. The van der Waals surface area contributed by atoms with Gasteiger partial charge in [0.1, 0.15) is 23.1 Å². The maximum Gasteiger partial charge on any atom is 0.149 e. The lowest BCUT2D eigenvalue weighted by Crippen LogP contribution is -2.46. The molecule has 3 heterocycles. The summed E-state index contributed by atoms with van der Waals surface area (Å²) in [4.78, 5) is 10.7. The summed E-state index contributed by atoms with van der Waals surface area (Å²) in [6.45, 7) is 9.60. The summed E-state index contributed by atoms with van der Waals surface area (Å²) in [6.07, 6.45) is 4.43. The van der Waals surface area contributed by atoms with E-state index in [4.69, 9.17) is 5.73 Å². The second kappa shape index (κ2) is 9.85. The highest BCUT2D eigenvalue weighted by molar-refractivity contribution is 5.69. The molecule has 35 heavy (non-hydrogen) atoms. The number of hydrogen-bond donors (Lipinski definition) is 2. The summed E-state index contributed by atoms with van der Waals surface area (Å²) in [7, 11) is 0. The quantitative estimate of drug-likeness (QED) is 0.491. The zero-order valence-electron chi connectivity index (χ0n) is 20.6. The fourth-order valence-electron chi connectivity index (χ4n) is 4.57. The van der Waals surface area contributed by atoms with Crippen molar-refractivity contribution in [3.63, 3.8) is 0 Å². The van der Waals surface area contributed by atoms with Crippen molar-refractivity contribution >= 4 is 11.4 Å². The zero-order chi connectivity index (χ0) is 25.3. The molecular formula is C27H32F3N5. The minimum Gasteiger partial charge on any atom is -0.376 e. The van der Waals surface area contributed by atoms with Crippen LogP contribution < -0.4 is 16.0 Å². The number of halogens is 3. The van der Waals surface area contributed by atoms with Gasteiger partial charge in [-0.05, 0) is 53.6 Å². The topological polar surface area (TPSA) is 67.1 Å². The number of nitrogens with one attached hydrogen (secondary N) is 1. The highest BCUT2D eigenvalue weighted by atomic mass is 19.1. The van der Waals surface area contributed by atoms with Crippen LogP contribution in [0.15, 0.2) is 42.7 Å². The third kappa shape index (κ3) is 5.59. The summed E-state index contributed by atoms with van der Waals surface area (Å²) >= 11 is 0. The molecule has 0 saturated carbocycles. The largest absolute Gasteiger partial charge is 0.376 e. The molecule has 3 aromatic rings. The van der Waals surface area contributed by atoms with E-state index in [1.165, 1.54) is 24.3 Å². The predicted molar refractivity (Wildman–Crippen MR) is 134 cm³/mol. The second-order valence-corrected chi connectivity index (χ2v) is 10.5. The first kappa shape index (κ1) is 25.0. The van der Waals surface area contributed by atoms with Crippen molar-refractivity contribution in [3.8, 4) is 11.3 Å². The number of nitrogens with two attached hydrogens (primary N) is 1. The average molecular weight is 484 g/mol. The molecule has 0 radical (unpaired) electrons. The van der Waals surface area contributed by atoms with Gasteiger partial charge in [0.05, 0.1) is 35.4 Å². The monoisotopic (exact) mass is 483 g/mol. The van der Waals surface area contributed by atoms with Gasteiger partial charge in [-0.15, -0.1) is 0 Å². The molecule has 0 bridgehead atoms. The number of rotatable bonds is 5. The fourth-order valence-corrected chi connectivity index (χ4v) is 4.57. The Bertz CT molecular complexity index is 1170. The summed E-state index contributed by atoms with van der Waals surface area (Å²) < 4.78 is 44.5. The molecule has 0 amide bonds. The Balaban J connectivity index is 1.59. The third-order valence-electron chi connectivity index (χ3n) is 6.34. The van der Waals surface area contributed by atoms with Crippen molar-refractivity contribution in [1.29, 1.82) is 0 Å². The van der Waals surface area contributed by atoms with Crippen LogP contribution in [0.2, 0.25) is 0 Å². The molecule has 1 aromatic carbocycles. The van der Waals surface area contributed by atoms with Crippen LogP contribution in [0.3, 0.4) is 0 Å². The van der Waals surface area contributed by atoms with Crippen molar-refractivity contribution < 1.29 is 13.2 Å². The minimum absolute atomic E-state index is 0.0931. The van der Waals surface area contributed by atoms with E-state index < -0.39 is 28.4 Å². The maximum atomic E-state index is 14.9. The molecule has 0 unspecified atom stereocenters. The van der Waals surface area contributed by atoms with E-state index >= 15 is 0 Å². The number of benzene rings is 1. The summed E-state index contributed by atoms with van der Waals surface area (Å²) in [6, 6.07) is 7.20. The molecule has 0 aliphatic carbocycles. The first-order valence-corrected chi connectivity index (χ1v) is 11.9. The van der Waals surface area contributed by atoms with Crippen LogP contribution in [0.5, 0.6) is 0 Å². The van der Waals surface area contributed by atoms with E-state index in [9.17, 15) is 13.2 Å². The molecule has 1 aliphatic heterocycles. The molecule has 1 aliphatic rings. The van der Waals surface area contributed by atoms with E-state index in [1.54, 1.807) is 12.4 Å². The second-order valence-electron chi connectivity index (χ2n) is 10.5. The van der Waals surface area contributed by atoms with Gasteiger partial charge in [-0.3, -0.25) is 4.98 Å². The van der Waals surface area contributed by atoms with E-state index in [1.807, 2.05) is 26.8 Å². The van der Waals surface area contributed by atoms with Crippen molar-refractivity contribution in [2.24, 2.45) is 11.7 Å². The van der Waals surface area contributed by atoms with Crippen molar-refractivity contribution in [3.05, 3.63) is 71.4 Å². The molecule has 0 spiro atoms. The van der Waals surface area contributed by atoms with Gasteiger partial charge < -0.3 is 16.0 Å². The molecule has 3 N–H and O–H groups in total. The van der Waals surface area contributed by atoms with E-state index in [2.05, 4.69) is 27.1 Å². The van der Waals surface area contributed by atoms with E-state index in [0.29, 0.717) is 17.2 Å². The van der Waals surface area contributed by atoms with Crippen molar-refractivity contribution in [2.75, 3.05) is 23.3 Å². The lowest BCUT2D eigenvalue weighted by molar-refractivity contribution is 0.402. The van der Waals surface area contributed by atoms with Gasteiger partial charge in [0, 0.05) is 25.3 Å². The van der Waals surface area contributed by atoms with Crippen LogP contribution in [0.25, 0.3) is 11.3 Å². The molecule has 1 saturated heterocycles. The van der Waals surface area contributed by atoms with Crippen LogP contribution in [-0.4, -0.2) is 29.1 Å². The molecule has 5 nitrogen and oxygen atoms in total. The molecule has 2 aromatic heterocycles. The predicted octanol–water partition coefficient (Wildman–Crippen LogP) is 5.64. The van der Waals surface area contributed by atoms with Gasteiger partial charge in [-0.1, -0.05) is 27.7 Å². The van der Waals surface area contributed by atoms with Gasteiger partial charge in [-0.2, -0.15) is 0 Å². The minimum atomic E-state index is -0.837. The van der Waals surface area contributed by atoms with Gasteiger partial charge in [0.25, 0.3) is 0 Å². The van der Waals surface area contributed by atoms with E-state index in [0.717, 1.165) is 30.9 Å². The summed E-state index contributed by atoms with van der Waals surface area (Å²) in [5.74, 6) is -1.99. The molecule has 8 heteroatoms. The SMILES string of the molecule is C[C@@H]1C[C@H](N)CN(c2ccncc2NCc2ccc(F)c(-c3c(F)cc(C(C)(C)C)cc3F)n2)C1. The van der Waals surface area contributed by atoms with Crippen molar-refractivity contribution in [2.45, 2.75) is 52.1 Å². The Morgan fingerprint density at radius 2 is 1.77 bits per heavy atom. The zero-order valence-corrected chi connectivity index (χ0v) is 20.6. The van der Waals surface area contributed by atoms with Gasteiger partial charge >= 0.3 is 0 Å². The molecule has 1 fully saturated rings. The molecule has 4 rings (SSSR count). The van der Waals surface area contributed by atoms with Gasteiger partial charge in [0.15, 0.2) is 0 Å². The first-order chi connectivity index (χ1) is 16.5. The number of nitrogens with zero attached hydrogens (tertiary/aromatic N) is 3. The van der Waals surface area contributed by atoms with Gasteiger partial charge in [0.2, 0.25) is 0 Å². The number of piperidine rings is 1. The first-order valence-electron chi connectivity index (χ1n) is 11.9. The van der Waals surface area contributed by atoms with Crippen molar-refractivity contribution in [1.82, 2.24) is 9.97 Å². The number of hydrogen-bond acceptors (Lipinski definition) is 5. The Labute approximate surface area is 204 Å². The number of anilines is 2. The molecular weight excluding hydrogens is 451 g/mol. The number of aromatic nitrogens is 2. The van der Waals surface area contributed by atoms with Crippen LogP contribution >= 0.6 is 0 Å². The Morgan fingerprint density at radius 3 is 2.43 bits per heavy atom.